The smallest absolute Gasteiger partial charge is 0.262 e. The highest BCUT2D eigenvalue weighted by Gasteiger charge is 2.21. The highest BCUT2D eigenvalue weighted by molar-refractivity contribution is 7.92. The van der Waals surface area contributed by atoms with Gasteiger partial charge in [0.15, 0.2) is 0 Å². The Balaban J connectivity index is 2.35. The van der Waals surface area contributed by atoms with Crippen molar-refractivity contribution in [2.24, 2.45) is 0 Å². The Morgan fingerprint density at radius 3 is 2.52 bits per heavy atom. The average molecular weight is 364 g/mol. The second kappa shape index (κ2) is 7.65. The summed E-state index contributed by atoms with van der Waals surface area (Å²) in [6.45, 7) is 5.32. The van der Waals surface area contributed by atoms with Gasteiger partial charge in [-0.2, -0.15) is 0 Å². The van der Waals surface area contributed by atoms with Gasteiger partial charge in [-0.05, 0) is 56.2 Å². The summed E-state index contributed by atoms with van der Waals surface area (Å²) in [7, 11) is -3.95. The Bertz CT molecular complexity index is 882. The number of benzene rings is 2. The van der Waals surface area contributed by atoms with Gasteiger partial charge in [0.25, 0.3) is 15.9 Å². The minimum Gasteiger partial charge on any atom is -0.350 e. The number of anilines is 1. The lowest BCUT2D eigenvalue weighted by Gasteiger charge is -2.16. The zero-order chi connectivity index (χ0) is 18.6. The minimum absolute atomic E-state index is 0.0310. The van der Waals surface area contributed by atoms with Crippen molar-refractivity contribution >= 4 is 21.6 Å². The quantitative estimate of drug-likeness (QED) is 0.824. The van der Waals surface area contributed by atoms with Gasteiger partial charge in [-0.3, -0.25) is 9.52 Å². The molecule has 2 rings (SSSR count). The molecule has 1 unspecified atom stereocenters. The summed E-state index contributed by atoms with van der Waals surface area (Å²) in [4.78, 5) is 12.3. The molecule has 2 aromatic carbocycles. The second-order valence-corrected chi connectivity index (χ2v) is 7.49. The second-order valence-electron chi connectivity index (χ2n) is 5.84. The molecule has 0 radical (unpaired) electrons. The van der Waals surface area contributed by atoms with Crippen molar-refractivity contribution in [2.75, 3.05) is 4.72 Å². The predicted octanol–water partition coefficient (Wildman–Crippen LogP) is 3.46. The largest absolute Gasteiger partial charge is 0.350 e. The van der Waals surface area contributed by atoms with Crippen LogP contribution in [0.2, 0.25) is 0 Å². The Kier molecular flexibility index (Phi) is 5.79. The summed E-state index contributed by atoms with van der Waals surface area (Å²) >= 11 is 0. The van der Waals surface area contributed by atoms with Gasteiger partial charge in [0.2, 0.25) is 0 Å². The predicted molar refractivity (Wildman–Crippen MR) is 95.6 cm³/mol. The molecule has 0 aliphatic heterocycles. The van der Waals surface area contributed by atoms with Gasteiger partial charge in [-0.15, -0.1) is 0 Å². The Labute approximate surface area is 147 Å². The van der Waals surface area contributed by atoms with Crippen LogP contribution in [-0.4, -0.2) is 20.4 Å². The number of halogens is 1. The normalized spacial score (nSPS) is 12.5. The van der Waals surface area contributed by atoms with E-state index in [0.717, 1.165) is 18.6 Å². The number of hydrogen-bond acceptors (Lipinski definition) is 3. The summed E-state index contributed by atoms with van der Waals surface area (Å²) in [6.07, 6.45) is 0.758. The molecule has 0 spiro atoms. The van der Waals surface area contributed by atoms with Crippen LogP contribution in [0.5, 0.6) is 0 Å². The highest BCUT2D eigenvalue weighted by Crippen LogP contribution is 2.23. The van der Waals surface area contributed by atoms with E-state index in [1.54, 1.807) is 18.2 Å². The number of hydrogen-bond donors (Lipinski definition) is 2. The van der Waals surface area contributed by atoms with Crippen LogP contribution in [0.15, 0.2) is 47.4 Å². The maximum atomic E-state index is 13.2. The Morgan fingerprint density at radius 1 is 1.20 bits per heavy atom. The zero-order valence-corrected chi connectivity index (χ0v) is 15.2. The van der Waals surface area contributed by atoms with Crippen LogP contribution in [0.1, 0.15) is 36.2 Å². The average Bonchev–Trinajstić information content (AvgIpc) is 2.54. The number of para-hydroxylation sites is 1. The molecular formula is C18H21FN2O3S. The molecule has 0 fully saturated rings. The monoisotopic (exact) mass is 364 g/mol. The molecule has 1 atom stereocenters. The minimum atomic E-state index is -3.95. The number of amides is 1. The molecule has 1 amide bonds. The third-order valence-corrected chi connectivity index (χ3v) is 5.36. The van der Waals surface area contributed by atoms with Crippen molar-refractivity contribution in [1.82, 2.24) is 5.32 Å². The van der Waals surface area contributed by atoms with E-state index in [2.05, 4.69) is 10.0 Å². The van der Waals surface area contributed by atoms with Crippen molar-refractivity contribution in [1.29, 1.82) is 0 Å². The van der Waals surface area contributed by atoms with E-state index in [1.807, 2.05) is 13.8 Å². The maximum Gasteiger partial charge on any atom is 0.262 e. The third-order valence-electron chi connectivity index (χ3n) is 3.83. The van der Waals surface area contributed by atoms with Crippen molar-refractivity contribution in [3.05, 3.63) is 59.4 Å². The molecule has 0 aromatic heterocycles. The summed E-state index contributed by atoms with van der Waals surface area (Å²) in [5.41, 5.74) is 0.687. The molecule has 0 aliphatic carbocycles. The van der Waals surface area contributed by atoms with E-state index in [1.165, 1.54) is 19.1 Å². The fourth-order valence-electron chi connectivity index (χ4n) is 2.29. The van der Waals surface area contributed by atoms with Crippen LogP contribution in [0.4, 0.5) is 10.1 Å². The van der Waals surface area contributed by atoms with Gasteiger partial charge in [0.1, 0.15) is 5.82 Å². The summed E-state index contributed by atoms with van der Waals surface area (Å²) in [5.74, 6) is -0.867. The standard InChI is InChI=1S/C18H21FN2O3S/c1-4-13(3)20-18(22)15-7-5-6-8-16(15)21-25(23,24)17-10-9-14(19)11-12(17)2/h5-11,13,21H,4H2,1-3H3,(H,20,22). The van der Waals surface area contributed by atoms with Gasteiger partial charge in [-0.1, -0.05) is 19.1 Å². The number of aryl methyl sites for hydroxylation is 1. The van der Waals surface area contributed by atoms with Gasteiger partial charge >= 0.3 is 0 Å². The number of sulfonamides is 1. The first-order valence-corrected chi connectivity index (χ1v) is 9.41. The molecule has 0 saturated carbocycles. The van der Waals surface area contributed by atoms with E-state index in [0.29, 0.717) is 0 Å². The van der Waals surface area contributed by atoms with Crippen molar-refractivity contribution < 1.29 is 17.6 Å². The lowest BCUT2D eigenvalue weighted by molar-refractivity contribution is 0.0940. The molecule has 0 aliphatic rings. The molecule has 5 nitrogen and oxygen atoms in total. The lowest BCUT2D eigenvalue weighted by atomic mass is 10.1. The summed E-state index contributed by atoms with van der Waals surface area (Å²) < 4.78 is 40.9. The maximum absolute atomic E-state index is 13.2. The van der Waals surface area contributed by atoms with Crippen LogP contribution in [-0.2, 0) is 10.0 Å². The fourth-order valence-corrected chi connectivity index (χ4v) is 3.60. The van der Waals surface area contributed by atoms with Crippen LogP contribution in [0, 0.1) is 12.7 Å². The van der Waals surface area contributed by atoms with Crippen molar-refractivity contribution in [3.8, 4) is 0 Å². The fraction of sp³-hybridized carbons (Fsp3) is 0.278. The van der Waals surface area contributed by atoms with Gasteiger partial charge < -0.3 is 5.32 Å². The first kappa shape index (κ1) is 18.9. The number of carbonyl (C=O) groups excluding carboxylic acids is 1. The Hall–Kier alpha value is -2.41. The van der Waals surface area contributed by atoms with Gasteiger partial charge in [0.05, 0.1) is 16.1 Å². The molecule has 2 N–H and O–H groups in total. The summed E-state index contributed by atoms with van der Waals surface area (Å²) in [5, 5.41) is 2.81. The van der Waals surface area contributed by atoms with E-state index in [9.17, 15) is 17.6 Å². The molecule has 25 heavy (non-hydrogen) atoms. The Morgan fingerprint density at radius 2 is 1.88 bits per heavy atom. The zero-order valence-electron chi connectivity index (χ0n) is 14.3. The molecule has 134 valence electrons. The molecule has 2 aromatic rings. The molecular weight excluding hydrogens is 343 g/mol. The van der Waals surface area contributed by atoms with Crippen molar-refractivity contribution in [3.63, 3.8) is 0 Å². The van der Waals surface area contributed by atoms with Crippen molar-refractivity contribution in [2.45, 2.75) is 38.1 Å². The molecule has 0 bridgehead atoms. The molecule has 7 heteroatoms. The third kappa shape index (κ3) is 4.57. The number of carbonyl (C=O) groups is 1. The molecule has 0 saturated heterocycles. The first-order chi connectivity index (χ1) is 11.7. The molecule has 0 heterocycles. The topological polar surface area (TPSA) is 75.3 Å². The number of nitrogens with one attached hydrogen (secondary N) is 2. The highest BCUT2D eigenvalue weighted by atomic mass is 32.2. The van der Waals surface area contributed by atoms with Crippen LogP contribution in [0.25, 0.3) is 0 Å². The van der Waals surface area contributed by atoms with E-state index in [-0.39, 0.29) is 33.7 Å². The lowest BCUT2D eigenvalue weighted by Crippen LogP contribution is -2.32. The van der Waals surface area contributed by atoms with Crippen LogP contribution in [0.3, 0.4) is 0 Å². The van der Waals surface area contributed by atoms with E-state index in [4.69, 9.17) is 0 Å². The summed E-state index contributed by atoms with van der Waals surface area (Å²) in [6, 6.07) is 9.77. The SMILES string of the molecule is CCC(C)NC(=O)c1ccccc1NS(=O)(=O)c1ccc(F)cc1C. The van der Waals surface area contributed by atoms with E-state index < -0.39 is 15.8 Å². The number of rotatable bonds is 6. The van der Waals surface area contributed by atoms with Crippen LogP contribution >= 0.6 is 0 Å². The van der Waals surface area contributed by atoms with Gasteiger partial charge in [0, 0.05) is 6.04 Å². The van der Waals surface area contributed by atoms with Crippen LogP contribution < -0.4 is 10.0 Å². The van der Waals surface area contributed by atoms with Gasteiger partial charge in [-0.25, -0.2) is 12.8 Å². The van der Waals surface area contributed by atoms with E-state index >= 15 is 0 Å². The first-order valence-electron chi connectivity index (χ1n) is 7.93.